The normalized spacial score (nSPS) is 16.2. The van der Waals surface area contributed by atoms with Gasteiger partial charge in [-0.3, -0.25) is 0 Å². The van der Waals surface area contributed by atoms with E-state index in [4.69, 9.17) is 0 Å². The van der Waals surface area contributed by atoms with Crippen molar-refractivity contribution in [3.8, 4) is 11.1 Å². The van der Waals surface area contributed by atoms with E-state index in [0.29, 0.717) is 0 Å². The van der Waals surface area contributed by atoms with Crippen LogP contribution >= 0.6 is 0 Å². The monoisotopic (exact) mass is 239 g/mol. The van der Waals surface area contributed by atoms with Crippen molar-refractivity contribution < 1.29 is 5.11 Å². The number of hydrogen-bond donors (Lipinski definition) is 2. The summed E-state index contributed by atoms with van der Waals surface area (Å²) in [6.45, 7) is 3.10. The molecule has 1 atom stereocenters. The Morgan fingerprint density at radius 1 is 1.06 bits per heavy atom. The molecule has 0 aromatic heterocycles. The van der Waals surface area contributed by atoms with Crippen molar-refractivity contribution in [2.75, 3.05) is 11.9 Å². The molecule has 0 bridgehead atoms. The molecule has 2 nitrogen and oxygen atoms in total. The van der Waals surface area contributed by atoms with Crippen LogP contribution < -0.4 is 5.32 Å². The van der Waals surface area contributed by atoms with Gasteiger partial charge in [-0.1, -0.05) is 37.3 Å². The SMILES string of the molecule is CCCNc1ccc2c(c1)[C@@H](O)c1ccccc1-2. The van der Waals surface area contributed by atoms with Crippen LogP contribution in [0.1, 0.15) is 30.6 Å². The van der Waals surface area contributed by atoms with Crippen LogP contribution in [0.5, 0.6) is 0 Å². The van der Waals surface area contributed by atoms with Crippen LogP contribution in [-0.4, -0.2) is 11.7 Å². The number of aliphatic hydroxyl groups excluding tert-OH is 1. The average Bonchev–Trinajstić information content (AvgIpc) is 2.71. The van der Waals surface area contributed by atoms with Gasteiger partial charge in [0, 0.05) is 12.2 Å². The van der Waals surface area contributed by atoms with E-state index < -0.39 is 6.10 Å². The summed E-state index contributed by atoms with van der Waals surface area (Å²) >= 11 is 0. The first kappa shape index (κ1) is 11.3. The van der Waals surface area contributed by atoms with Crippen molar-refractivity contribution in [2.24, 2.45) is 0 Å². The van der Waals surface area contributed by atoms with Crippen molar-refractivity contribution in [3.05, 3.63) is 53.6 Å². The van der Waals surface area contributed by atoms with Gasteiger partial charge in [0.25, 0.3) is 0 Å². The molecule has 92 valence electrons. The van der Waals surface area contributed by atoms with Crippen LogP contribution in [0.15, 0.2) is 42.5 Å². The molecule has 0 unspecified atom stereocenters. The van der Waals surface area contributed by atoms with E-state index in [9.17, 15) is 5.11 Å². The third-order valence-corrected chi connectivity index (χ3v) is 3.47. The van der Waals surface area contributed by atoms with Crippen molar-refractivity contribution >= 4 is 5.69 Å². The Labute approximate surface area is 107 Å². The van der Waals surface area contributed by atoms with Crippen LogP contribution in [0.3, 0.4) is 0 Å². The Morgan fingerprint density at radius 3 is 2.67 bits per heavy atom. The predicted octanol–water partition coefficient (Wildman–Crippen LogP) is 3.57. The molecule has 3 rings (SSSR count). The van der Waals surface area contributed by atoms with Gasteiger partial charge in [0.1, 0.15) is 6.10 Å². The highest BCUT2D eigenvalue weighted by molar-refractivity contribution is 5.79. The first-order chi connectivity index (χ1) is 8.81. The van der Waals surface area contributed by atoms with Gasteiger partial charge >= 0.3 is 0 Å². The lowest BCUT2D eigenvalue weighted by Gasteiger charge is -2.09. The second kappa shape index (κ2) is 4.46. The highest BCUT2D eigenvalue weighted by Gasteiger charge is 2.26. The smallest absolute Gasteiger partial charge is 0.105 e. The summed E-state index contributed by atoms with van der Waals surface area (Å²) in [7, 11) is 0. The molecule has 0 heterocycles. The maximum atomic E-state index is 10.4. The van der Waals surface area contributed by atoms with Crippen molar-refractivity contribution in [2.45, 2.75) is 19.4 Å². The lowest BCUT2D eigenvalue weighted by Crippen LogP contribution is -2.01. The first-order valence-corrected chi connectivity index (χ1v) is 6.46. The molecular weight excluding hydrogens is 222 g/mol. The fourth-order valence-corrected chi connectivity index (χ4v) is 2.56. The number of nitrogens with one attached hydrogen (secondary N) is 1. The zero-order chi connectivity index (χ0) is 12.5. The van der Waals surface area contributed by atoms with Crippen LogP contribution in [-0.2, 0) is 0 Å². The summed E-state index contributed by atoms with van der Waals surface area (Å²) in [6, 6.07) is 14.3. The van der Waals surface area contributed by atoms with Crippen LogP contribution in [0, 0.1) is 0 Å². The molecule has 1 aliphatic carbocycles. The molecule has 18 heavy (non-hydrogen) atoms. The van der Waals surface area contributed by atoms with Crippen LogP contribution in [0.25, 0.3) is 11.1 Å². The molecular formula is C16H17NO. The summed E-state index contributed by atoms with van der Waals surface area (Å²) in [5.74, 6) is 0. The lowest BCUT2D eigenvalue weighted by molar-refractivity contribution is 0.225. The minimum atomic E-state index is -0.487. The van der Waals surface area contributed by atoms with Gasteiger partial charge in [0.2, 0.25) is 0 Å². The molecule has 2 N–H and O–H groups in total. The highest BCUT2D eigenvalue weighted by Crippen LogP contribution is 2.43. The number of hydrogen-bond acceptors (Lipinski definition) is 2. The third-order valence-electron chi connectivity index (χ3n) is 3.47. The third kappa shape index (κ3) is 1.70. The molecule has 0 aliphatic heterocycles. The fraction of sp³-hybridized carbons (Fsp3) is 0.250. The summed E-state index contributed by atoms with van der Waals surface area (Å²) in [6.07, 6.45) is 0.611. The van der Waals surface area contributed by atoms with Gasteiger partial charge in [-0.2, -0.15) is 0 Å². The molecule has 0 fully saturated rings. The number of fused-ring (bicyclic) bond motifs is 3. The Balaban J connectivity index is 2.03. The molecule has 2 aromatic rings. The van der Waals surface area contributed by atoms with Gasteiger partial charge in [-0.15, -0.1) is 0 Å². The largest absolute Gasteiger partial charge is 0.385 e. The predicted molar refractivity (Wildman–Crippen MR) is 74.7 cm³/mol. The molecule has 0 radical (unpaired) electrons. The number of anilines is 1. The zero-order valence-corrected chi connectivity index (χ0v) is 10.5. The minimum Gasteiger partial charge on any atom is -0.385 e. The van der Waals surface area contributed by atoms with E-state index in [1.165, 1.54) is 0 Å². The van der Waals surface area contributed by atoms with Gasteiger partial charge in [-0.25, -0.2) is 0 Å². The lowest BCUT2D eigenvalue weighted by atomic mass is 10.1. The van der Waals surface area contributed by atoms with Gasteiger partial charge < -0.3 is 10.4 Å². The van der Waals surface area contributed by atoms with Gasteiger partial charge in [0.05, 0.1) is 0 Å². The highest BCUT2D eigenvalue weighted by atomic mass is 16.3. The number of aliphatic hydroxyl groups is 1. The molecule has 2 heteroatoms. The summed E-state index contributed by atoms with van der Waals surface area (Å²) in [5, 5.41) is 13.7. The second-order valence-electron chi connectivity index (χ2n) is 4.72. The maximum absolute atomic E-state index is 10.4. The second-order valence-corrected chi connectivity index (χ2v) is 4.72. The molecule has 0 saturated carbocycles. The van der Waals surface area contributed by atoms with Crippen LogP contribution in [0.4, 0.5) is 5.69 Å². The fourth-order valence-electron chi connectivity index (χ4n) is 2.56. The maximum Gasteiger partial charge on any atom is 0.105 e. The summed E-state index contributed by atoms with van der Waals surface area (Å²) < 4.78 is 0. The van der Waals surface area contributed by atoms with Gasteiger partial charge in [0.15, 0.2) is 0 Å². The average molecular weight is 239 g/mol. The molecule has 0 spiro atoms. The van der Waals surface area contributed by atoms with Gasteiger partial charge in [-0.05, 0) is 40.8 Å². The van der Waals surface area contributed by atoms with E-state index in [-0.39, 0.29) is 0 Å². The van der Waals surface area contributed by atoms with Crippen molar-refractivity contribution in [1.82, 2.24) is 0 Å². The Hall–Kier alpha value is -1.80. The summed E-state index contributed by atoms with van der Waals surface area (Å²) in [5.41, 5.74) is 5.42. The minimum absolute atomic E-state index is 0.487. The summed E-state index contributed by atoms with van der Waals surface area (Å²) in [4.78, 5) is 0. The van der Waals surface area contributed by atoms with E-state index in [1.54, 1.807) is 0 Å². The first-order valence-electron chi connectivity index (χ1n) is 6.46. The van der Waals surface area contributed by atoms with Crippen molar-refractivity contribution in [3.63, 3.8) is 0 Å². The number of benzene rings is 2. The molecule has 1 aliphatic rings. The quantitative estimate of drug-likeness (QED) is 0.858. The standard InChI is InChI=1S/C16H17NO/c1-2-9-17-11-7-8-13-12-5-3-4-6-14(12)16(18)15(13)10-11/h3-8,10,16-18H,2,9H2,1H3/t16-/m0/s1. The van der Waals surface area contributed by atoms with E-state index >= 15 is 0 Å². The Morgan fingerprint density at radius 2 is 1.83 bits per heavy atom. The zero-order valence-electron chi connectivity index (χ0n) is 10.5. The van der Waals surface area contributed by atoms with E-state index in [1.807, 2.05) is 18.2 Å². The topological polar surface area (TPSA) is 32.3 Å². The van der Waals surface area contributed by atoms with Crippen molar-refractivity contribution in [1.29, 1.82) is 0 Å². The molecule has 2 aromatic carbocycles. The Bertz CT molecular complexity index is 577. The van der Waals surface area contributed by atoms with Crippen LogP contribution in [0.2, 0.25) is 0 Å². The number of rotatable bonds is 3. The van der Waals surface area contributed by atoms with E-state index in [2.05, 4.69) is 36.5 Å². The molecule has 0 amide bonds. The molecule has 0 saturated heterocycles. The van der Waals surface area contributed by atoms with E-state index in [0.717, 1.165) is 40.9 Å². The Kier molecular flexibility index (Phi) is 2.80.